The van der Waals surface area contributed by atoms with Crippen molar-refractivity contribution in [3.8, 4) is 0 Å². The molecule has 0 radical (unpaired) electrons. The summed E-state index contributed by atoms with van der Waals surface area (Å²) in [5, 5.41) is 3.37. The molecule has 0 aromatic heterocycles. The molecular formula is C23H25N3. The largest absolute Gasteiger partial charge is 0.358 e. The Kier molecular flexibility index (Phi) is 6.20. The Bertz CT molecular complexity index is 811. The number of nitrogens with one attached hydrogen (secondary N) is 2. The van der Waals surface area contributed by atoms with Gasteiger partial charge in [0.25, 0.3) is 0 Å². The SMILES string of the molecule is C=C(Nc1ccc(Cc2ccccc2)cc1)C(Cc1ccccc1)NN. The van der Waals surface area contributed by atoms with Crippen molar-refractivity contribution in [1.82, 2.24) is 5.43 Å². The highest BCUT2D eigenvalue weighted by Gasteiger charge is 2.12. The molecule has 0 heterocycles. The van der Waals surface area contributed by atoms with E-state index >= 15 is 0 Å². The van der Waals surface area contributed by atoms with Crippen molar-refractivity contribution in [1.29, 1.82) is 0 Å². The second kappa shape index (κ2) is 8.99. The van der Waals surface area contributed by atoms with E-state index in [1.54, 1.807) is 0 Å². The third-order valence-electron chi connectivity index (χ3n) is 4.41. The number of rotatable bonds is 8. The van der Waals surface area contributed by atoms with Crippen LogP contribution in [0.5, 0.6) is 0 Å². The molecule has 3 rings (SSSR count). The zero-order chi connectivity index (χ0) is 18.2. The summed E-state index contributed by atoms with van der Waals surface area (Å²) in [6, 6.07) is 29.2. The van der Waals surface area contributed by atoms with Gasteiger partial charge in [0.15, 0.2) is 0 Å². The smallest absolute Gasteiger partial charge is 0.0644 e. The van der Waals surface area contributed by atoms with Crippen LogP contribution in [0.15, 0.2) is 97.2 Å². The third kappa shape index (κ3) is 5.06. The summed E-state index contributed by atoms with van der Waals surface area (Å²) in [5.74, 6) is 5.73. The minimum atomic E-state index is -0.0404. The third-order valence-corrected chi connectivity index (χ3v) is 4.41. The van der Waals surface area contributed by atoms with Gasteiger partial charge in [0.1, 0.15) is 0 Å². The number of nitrogens with two attached hydrogens (primary N) is 1. The van der Waals surface area contributed by atoms with Gasteiger partial charge in [0.05, 0.1) is 6.04 Å². The molecule has 3 aromatic rings. The monoisotopic (exact) mass is 343 g/mol. The van der Waals surface area contributed by atoms with Crippen LogP contribution in [0.1, 0.15) is 16.7 Å². The molecule has 0 bridgehead atoms. The molecule has 0 saturated carbocycles. The zero-order valence-electron chi connectivity index (χ0n) is 14.9. The van der Waals surface area contributed by atoms with E-state index in [9.17, 15) is 0 Å². The normalized spacial score (nSPS) is 11.7. The summed E-state index contributed by atoms with van der Waals surface area (Å²) in [5.41, 5.74) is 8.53. The number of anilines is 1. The second-order valence-electron chi connectivity index (χ2n) is 6.42. The summed E-state index contributed by atoms with van der Waals surface area (Å²) >= 11 is 0. The van der Waals surface area contributed by atoms with Crippen LogP contribution >= 0.6 is 0 Å². The highest BCUT2D eigenvalue weighted by Crippen LogP contribution is 2.17. The van der Waals surface area contributed by atoms with E-state index in [1.165, 1.54) is 16.7 Å². The second-order valence-corrected chi connectivity index (χ2v) is 6.42. The lowest BCUT2D eigenvalue weighted by Crippen LogP contribution is -2.40. The maximum Gasteiger partial charge on any atom is 0.0644 e. The fourth-order valence-electron chi connectivity index (χ4n) is 2.94. The maximum atomic E-state index is 5.73. The number of hydrogen-bond donors (Lipinski definition) is 3. The van der Waals surface area contributed by atoms with Crippen LogP contribution in [0.25, 0.3) is 0 Å². The van der Waals surface area contributed by atoms with Crippen LogP contribution in [-0.2, 0) is 12.8 Å². The van der Waals surface area contributed by atoms with Crippen LogP contribution in [0.3, 0.4) is 0 Å². The van der Waals surface area contributed by atoms with E-state index in [0.717, 1.165) is 24.2 Å². The van der Waals surface area contributed by atoms with Gasteiger partial charge in [-0.1, -0.05) is 79.4 Å². The summed E-state index contributed by atoms with van der Waals surface area (Å²) in [7, 11) is 0. The molecule has 3 aromatic carbocycles. The van der Waals surface area contributed by atoms with E-state index in [-0.39, 0.29) is 6.04 Å². The highest BCUT2D eigenvalue weighted by molar-refractivity contribution is 5.50. The Labute approximate surface area is 155 Å². The van der Waals surface area contributed by atoms with E-state index in [4.69, 9.17) is 5.84 Å². The van der Waals surface area contributed by atoms with Crippen LogP contribution in [-0.4, -0.2) is 6.04 Å². The Morgan fingerprint density at radius 3 is 1.88 bits per heavy atom. The molecular weight excluding hydrogens is 318 g/mol. The average Bonchev–Trinajstić information content (AvgIpc) is 2.69. The minimum Gasteiger partial charge on any atom is -0.358 e. The summed E-state index contributed by atoms with van der Waals surface area (Å²) < 4.78 is 0. The van der Waals surface area contributed by atoms with Crippen LogP contribution in [0.4, 0.5) is 5.69 Å². The topological polar surface area (TPSA) is 50.1 Å². The zero-order valence-corrected chi connectivity index (χ0v) is 14.9. The molecule has 0 amide bonds. The van der Waals surface area contributed by atoms with Crippen molar-refractivity contribution in [2.45, 2.75) is 18.9 Å². The molecule has 1 atom stereocenters. The number of hydrazine groups is 1. The van der Waals surface area contributed by atoms with Gasteiger partial charge < -0.3 is 5.32 Å². The van der Waals surface area contributed by atoms with E-state index in [1.807, 2.05) is 24.3 Å². The highest BCUT2D eigenvalue weighted by atomic mass is 15.2. The van der Waals surface area contributed by atoms with Crippen molar-refractivity contribution in [3.05, 3.63) is 114 Å². The van der Waals surface area contributed by atoms with Gasteiger partial charge in [-0.15, -0.1) is 0 Å². The van der Waals surface area contributed by atoms with Gasteiger partial charge in [-0.3, -0.25) is 11.3 Å². The lowest BCUT2D eigenvalue weighted by atomic mass is 10.0. The molecule has 4 N–H and O–H groups in total. The minimum absolute atomic E-state index is 0.0404. The van der Waals surface area contributed by atoms with Gasteiger partial charge in [-0.2, -0.15) is 0 Å². The Hall–Kier alpha value is -2.88. The van der Waals surface area contributed by atoms with Crippen molar-refractivity contribution < 1.29 is 0 Å². The van der Waals surface area contributed by atoms with E-state index in [0.29, 0.717) is 0 Å². The Morgan fingerprint density at radius 2 is 1.31 bits per heavy atom. The number of hydrogen-bond acceptors (Lipinski definition) is 3. The molecule has 0 aliphatic rings. The number of benzene rings is 3. The van der Waals surface area contributed by atoms with Gasteiger partial charge in [0.2, 0.25) is 0 Å². The molecule has 0 aliphatic carbocycles. The quantitative estimate of drug-likeness (QED) is 0.423. The lowest BCUT2D eigenvalue weighted by molar-refractivity contribution is 0.593. The summed E-state index contributed by atoms with van der Waals surface area (Å²) in [6.45, 7) is 4.15. The molecule has 3 nitrogen and oxygen atoms in total. The fourth-order valence-corrected chi connectivity index (χ4v) is 2.94. The van der Waals surface area contributed by atoms with Gasteiger partial charge in [-0.05, 0) is 41.7 Å². The molecule has 0 saturated heterocycles. The molecule has 0 fully saturated rings. The Morgan fingerprint density at radius 1 is 0.769 bits per heavy atom. The first kappa shape index (κ1) is 17.9. The molecule has 0 spiro atoms. The van der Waals surface area contributed by atoms with Crippen molar-refractivity contribution >= 4 is 5.69 Å². The predicted octanol–water partition coefficient (Wildman–Crippen LogP) is 4.28. The molecule has 1 unspecified atom stereocenters. The average molecular weight is 343 g/mol. The molecule has 26 heavy (non-hydrogen) atoms. The molecule has 132 valence electrons. The van der Waals surface area contributed by atoms with Crippen LogP contribution in [0.2, 0.25) is 0 Å². The van der Waals surface area contributed by atoms with Crippen LogP contribution < -0.4 is 16.6 Å². The predicted molar refractivity (Wildman–Crippen MR) is 110 cm³/mol. The first-order valence-corrected chi connectivity index (χ1v) is 8.83. The van der Waals surface area contributed by atoms with Gasteiger partial charge in [-0.25, -0.2) is 0 Å². The Balaban J connectivity index is 1.59. The van der Waals surface area contributed by atoms with Crippen molar-refractivity contribution in [2.75, 3.05) is 5.32 Å². The maximum absolute atomic E-state index is 5.73. The van der Waals surface area contributed by atoms with Gasteiger partial charge in [0, 0.05) is 11.4 Å². The van der Waals surface area contributed by atoms with Crippen molar-refractivity contribution in [2.24, 2.45) is 5.84 Å². The van der Waals surface area contributed by atoms with Gasteiger partial charge >= 0.3 is 0 Å². The van der Waals surface area contributed by atoms with E-state index in [2.05, 4.69) is 78.0 Å². The lowest BCUT2D eigenvalue weighted by Gasteiger charge is -2.20. The first-order valence-electron chi connectivity index (χ1n) is 8.83. The first-order chi connectivity index (χ1) is 12.7. The van der Waals surface area contributed by atoms with E-state index < -0.39 is 0 Å². The summed E-state index contributed by atoms with van der Waals surface area (Å²) in [6.07, 6.45) is 1.72. The fraction of sp³-hybridized carbons (Fsp3) is 0.130. The molecule has 3 heteroatoms. The van der Waals surface area contributed by atoms with Crippen molar-refractivity contribution in [3.63, 3.8) is 0 Å². The summed E-state index contributed by atoms with van der Waals surface area (Å²) in [4.78, 5) is 0. The standard InChI is InChI=1S/C23H25N3/c1-18(23(26-24)17-20-10-6-3-7-11-20)25-22-14-12-21(13-15-22)16-19-8-4-2-5-9-19/h2-15,23,25-26H,1,16-17,24H2. The van der Waals surface area contributed by atoms with Crippen LogP contribution in [0, 0.1) is 0 Å². The molecule has 0 aliphatic heterocycles.